The number of carbonyl (C=O) groups excluding carboxylic acids is 2. The molecule has 57 heavy (non-hydrogen) atoms. The SMILES string of the molecule is C=C(C)C(=O)OC1(C(C)(C)C2(OC(=O)C(=C)C)C(OCC)=C(OCC)C(OCC)=C(OCC)C2OCC)C(OCC)=C(OCC)C(OCC)=C(OCC)C1OCC. The predicted molar refractivity (Wildman–Crippen MR) is 213 cm³/mol. The molecular formula is C43H68O14. The average molecular weight is 809 g/mol. The molecule has 14 nitrogen and oxygen atoms in total. The van der Waals surface area contributed by atoms with Crippen LogP contribution in [0, 0.1) is 5.41 Å². The van der Waals surface area contributed by atoms with Crippen molar-refractivity contribution >= 4 is 11.9 Å². The van der Waals surface area contributed by atoms with Crippen molar-refractivity contribution in [3.8, 4) is 0 Å². The second kappa shape index (κ2) is 22.0. The van der Waals surface area contributed by atoms with Crippen molar-refractivity contribution in [3.05, 3.63) is 70.4 Å². The lowest BCUT2D eigenvalue weighted by atomic mass is 9.55. The standard InChI is InChI=1S/C43H68O14/c1-17-46-29-31(48-19-3)35(52-23-7)42(56-39(44)27(11)12,36(53-24-8)32(29)49-20-4)41(15,16)43(57-40(45)28(13)14)37(54-25-9)33(50-21-5)30(47-18-2)34(51-22-6)38(43)55-26-10/h35,37H,11,13,17-26H2,1-10,12,14-16H3. The Hall–Kier alpha value is -4.30. The van der Waals surface area contributed by atoms with Gasteiger partial charge in [-0.25, -0.2) is 9.59 Å². The quantitative estimate of drug-likeness (QED) is 0.0621. The van der Waals surface area contributed by atoms with E-state index in [1.54, 1.807) is 69.2 Å². The molecular weight excluding hydrogens is 740 g/mol. The van der Waals surface area contributed by atoms with Crippen LogP contribution in [-0.2, 0) is 66.4 Å². The summed E-state index contributed by atoms with van der Waals surface area (Å²) in [5.74, 6) is -0.869. The van der Waals surface area contributed by atoms with E-state index in [0.717, 1.165) is 0 Å². The summed E-state index contributed by atoms with van der Waals surface area (Å²) in [6.45, 7) is 33.6. The van der Waals surface area contributed by atoms with Gasteiger partial charge < -0.3 is 56.8 Å². The lowest BCUT2D eigenvalue weighted by Crippen LogP contribution is -2.74. The largest absolute Gasteiger partial charge is 0.491 e. The summed E-state index contributed by atoms with van der Waals surface area (Å²) in [6, 6.07) is 0. The van der Waals surface area contributed by atoms with Gasteiger partial charge in [-0.1, -0.05) is 27.0 Å². The summed E-state index contributed by atoms with van der Waals surface area (Å²) in [7, 11) is 0. The van der Waals surface area contributed by atoms with Crippen LogP contribution in [0.5, 0.6) is 0 Å². The predicted octanol–water partition coefficient (Wildman–Crippen LogP) is 7.70. The molecule has 2 rings (SSSR count). The third-order valence-electron chi connectivity index (χ3n) is 9.22. The Morgan fingerprint density at radius 1 is 0.474 bits per heavy atom. The van der Waals surface area contributed by atoms with Crippen molar-refractivity contribution in [2.75, 3.05) is 66.1 Å². The summed E-state index contributed by atoms with van der Waals surface area (Å²) in [5.41, 5.74) is -6.15. The maximum atomic E-state index is 14.4. The van der Waals surface area contributed by atoms with Crippen LogP contribution in [0.15, 0.2) is 70.4 Å². The zero-order valence-corrected chi connectivity index (χ0v) is 36.9. The molecule has 0 heterocycles. The van der Waals surface area contributed by atoms with E-state index in [4.69, 9.17) is 56.8 Å². The van der Waals surface area contributed by atoms with E-state index in [0.29, 0.717) is 0 Å². The third-order valence-corrected chi connectivity index (χ3v) is 9.22. The Morgan fingerprint density at radius 3 is 1.00 bits per heavy atom. The van der Waals surface area contributed by atoms with E-state index in [9.17, 15) is 9.59 Å². The minimum atomic E-state index is -2.20. The Bertz CT molecular complexity index is 1440. The van der Waals surface area contributed by atoms with Crippen LogP contribution in [0.1, 0.15) is 96.9 Å². The van der Waals surface area contributed by atoms with Crippen LogP contribution in [0.3, 0.4) is 0 Å². The van der Waals surface area contributed by atoms with Crippen LogP contribution in [-0.4, -0.2) is 101 Å². The molecule has 0 aromatic rings. The molecule has 324 valence electrons. The zero-order chi connectivity index (χ0) is 43.1. The molecule has 0 saturated carbocycles. The molecule has 0 saturated heterocycles. The fraction of sp³-hybridized carbons (Fsp3) is 0.674. The van der Waals surface area contributed by atoms with Crippen LogP contribution in [0.4, 0.5) is 0 Å². The molecule has 2 aliphatic carbocycles. The maximum absolute atomic E-state index is 14.4. The monoisotopic (exact) mass is 808 g/mol. The molecule has 0 aromatic heterocycles. The van der Waals surface area contributed by atoms with Gasteiger partial charge in [0.2, 0.25) is 34.2 Å². The highest BCUT2D eigenvalue weighted by atomic mass is 16.7. The summed E-state index contributed by atoms with van der Waals surface area (Å²) < 4.78 is 78.7. The van der Waals surface area contributed by atoms with E-state index in [1.165, 1.54) is 13.8 Å². The van der Waals surface area contributed by atoms with Crippen molar-refractivity contribution < 1.29 is 66.4 Å². The summed E-state index contributed by atoms with van der Waals surface area (Å²) in [4.78, 5) is 28.9. The number of hydrogen-bond donors (Lipinski definition) is 0. The van der Waals surface area contributed by atoms with Gasteiger partial charge in [-0.15, -0.1) is 0 Å². The summed E-state index contributed by atoms with van der Waals surface area (Å²) in [5, 5.41) is 0. The minimum Gasteiger partial charge on any atom is -0.491 e. The fourth-order valence-electron chi connectivity index (χ4n) is 7.09. The number of rotatable bonds is 26. The van der Waals surface area contributed by atoms with Crippen LogP contribution in [0.2, 0.25) is 0 Å². The van der Waals surface area contributed by atoms with Gasteiger partial charge in [-0.05, 0) is 83.1 Å². The van der Waals surface area contributed by atoms with Crippen molar-refractivity contribution in [2.24, 2.45) is 5.41 Å². The second-order valence-electron chi connectivity index (χ2n) is 13.3. The lowest BCUT2D eigenvalue weighted by molar-refractivity contribution is -0.271. The highest BCUT2D eigenvalue weighted by Gasteiger charge is 2.78. The van der Waals surface area contributed by atoms with Gasteiger partial charge >= 0.3 is 11.9 Å². The van der Waals surface area contributed by atoms with Gasteiger partial charge in [0.25, 0.3) is 0 Å². The van der Waals surface area contributed by atoms with Crippen molar-refractivity contribution in [1.29, 1.82) is 0 Å². The third kappa shape index (κ3) is 9.22. The Balaban J connectivity index is 3.73. The molecule has 0 spiro atoms. The Kier molecular flexibility index (Phi) is 18.9. The first kappa shape index (κ1) is 48.8. The number of esters is 2. The molecule has 4 unspecified atom stereocenters. The van der Waals surface area contributed by atoms with E-state index in [2.05, 4.69) is 13.2 Å². The molecule has 0 radical (unpaired) electrons. The molecule has 4 atom stereocenters. The summed E-state index contributed by atoms with van der Waals surface area (Å²) >= 11 is 0. The molecule has 0 aromatic carbocycles. The molecule has 2 aliphatic rings. The number of hydrogen-bond acceptors (Lipinski definition) is 14. The van der Waals surface area contributed by atoms with Gasteiger partial charge in [-0.3, -0.25) is 0 Å². The first-order chi connectivity index (χ1) is 27.1. The number of ether oxygens (including phenoxy) is 12. The van der Waals surface area contributed by atoms with E-state index in [-0.39, 0.29) is 123 Å². The van der Waals surface area contributed by atoms with Crippen LogP contribution in [0.25, 0.3) is 0 Å². The lowest BCUT2D eigenvalue weighted by Gasteiger charge is -2.60. The van der Waals surface area contributed by atoms with Crippen molar-refractivity contribution in [2.45, 2.75) is 120 Å². The van der Waals surface area contributed by atoms with Gasteiger partial charge in [0.05, 0.1) is 58.3 Å². The molecule has 0 bridgehead atoms. The fourth-order valence-corrected chi connectivity index (χ4v) is 7.09. The smallest absolute Gasteiger partial charge is 0.334 e. The topological polar surface area (TPSA) is 145 Å². The highest BCUT2D eigenvalue weighted by Crippen LogP contribution is 2.63. The Labute approximate surface area is 340 Å². The average Bonchev–Trinajstić information content (AvgIpc) is 3.16. The molecule has 0 aliphatic heterocycles. The van der Waals surface area contributed by atoms with Crippen LogP contribution < -0.4 is 0 Å². The van der Waals surface area contributed by atoms with E-state index >= 15 is 0 Å². The maximum Gasteiger partial charge on any atom is 0.334 e. The zero-order valence-electron chi connectivity index (χ0n) is 36.9. The first-order valence-corrected chi connectivity index (χ1v) is 20.1. The van der Waals surface area contributed by atoms with Gasteiger partial charge in [0, 0.05) is 24.4 Å². The Morgan fingerprint density at radius 2 is 0.754 bits per heavy atom. The minimum absolute atomic E-state index is 0.0100. The van der Waals surface area contributed by atoms with Crippen molar-refractivity contribution in [3.63, 3.8) is 0 Å². The van der Waals surface area contributed by atoms with Crippen LogP contribution >= 0.6 is 0 Å². The number of carbonyl (C=O) groups is 2. The normalized spacial score (nSPS) is 22.5. The molecule has 0 fully saturated rings. The second-order valence-corrected chi connectivity index (χ2v) is 13.3. The highest BCUT2D eigenvalue weighted by molar-refractivity contribution is 5.88. The summed E-state index contributed by atoms with van der Waals surface area (Å²) in [6.07, 6.45) is -2.72. The van der Waals surface area contributed by atoms with Gasteiger partial charge in [-0.2, -0.15) is 0 Å². The van der Waals surface area contributed by atoms with Gasteiger partial charge in [0.15, 0.2) is 35.2 Å². The van der Waals surface area contributed by atoms with E-state index < -0.39 is 40.8 Å². The molecule has 14 heteroatoms. The van der Waals surface area contributed by atoms with Gasteiger partial charge in [0.1, 0.15) is 0 Å². The molecule has 0 amide bonds. The first-order valence-electron chi connectivity index (χ1n) is 20.1. The van der Waals surface area contributed by atoms with Crippen molar-refractivity contribution in [1.82, 2.24) is 0 Å². The molecule has 0 N–H and O–H groups in total. The van der Waals surface area contributed by atoms with E-state index in [1.807, 2.05) is 13.8 Å².